The van der Waals surface area contributed by atoms with E-state index in [4.69, 9.17) is 0 Å². The molecular formula is C22H26FN3O4. The van der Waals surface area contributed by atoms with Gasteiger partial charge in [0, 0.05) is 24.2 Å². The number of carbonyl (C=O) groups excluding carboxylic acids is 2. The van der Waals surface area contributed by atoms with Gasteiger partial charge in [-0.2, -0.15) is 0 Å². The van der Waals surface area contributed by atoms with Crippen molar-refractivity contribution in [3.05, 3.63) is 75.6 Å². The smallest absolute Gasteiger partial charge is 0.273 e. The Morgan fingerprint density at radius 2 is 1.77 bits per heavy atom. The maximum Gasteiger partial charge on any atom is 0.273 e. The van der Waals surface area contributed by atoms with E-state index in [-0.39, 0.29) is 36.2 Å². The molecule has 2 rings (SSSR count). The number of hydrogen-bond donors (Lipinski definition) is 1. The summed E-state index contributed by atoms with van der Waals surface area (Å²) in [6.07, 6.45) is 0.145. The summed E-state index contributed by atoms with van der Waals surface area (Å²) in [5, 5.41) is 14.1. The molecule has 30 heavy (non-hydrogen) atoms. The van der Waals surface area contributed by atoms with E-state index >= 15 is 0 Å². The Morgan fingerprint density at radius 1 is 1.13 bits per heavy atom. The lowest BCUT2D eigenvalue weighted by Gasteiger charge is -2.31. The molecule has 0 fully saturated rings. The highest BCUT2D eigenvalue weighted by Gasteiger charge is 2.30. The Kier molecular flexibility index (Phi) is 8.03. The standard InChI is InChI=1S/C22H26FN3O4/c1-4-19(22(28)24-15(2)3)25(14-16-9-11-18(23)12-10-16)21(27)13-17-7-5-6-8-20(17)26(29)30/h5-12,15,19H,4,13-14H2,1-3H3,(H,24,28)/t19-/m1/s1. The number of nitro benzene ring substituents is 1. The van der Waals surface area contributed by atoms with Crippen LogP contribution in [0.15, 0.2) is 48.5 Å². The molecular weight excluding hydrogens is 389 g/mol. The summed E-state index contributed by atoms with van der Waals surface area (Å²) < 4.78 is 13.3. The van der Waals surface area contributed by atoms with Crippen molar-refractivity contribution in [2.75, 3.05) is 0 Å². The summed E-state index contributed by atoms with van der Waals surface area (Å²) >= 11 is 0. The van der Waals surface area contributed by atoms with Crippen LogP contribution < -0.4 is 5.32 Å². The molecule has 7 nitrogen and oxygen atoms in total. The number of rotatable bonds is 9. The molecule has 0 saturated carbocycles. The van der Waals surface area contributed by atoms with E-state index in [9.17, 15) is 24.1 Å². The van der Waals surface area contributed by atoms with Crippen molar-refractivity contribution in [3.8, 4) is 0 Å². The Bertz CT molecular complexity index is 900. The first kappa shape index (κ1) is 23.0. The lowest BCUT2D eigenvalue weighted by atomic mass is 10.1. The van der Waals surface area contributed by atoms with Crippen molar-refractivity contribution in [2.45, 2.75) is 52.2 Å². The third-order valence-corrected chi connectivity index (χ3v) is 4.61. The van der Waals surface area contributed by atoms with Crippen LogP contribution in [0, 0.1) is 15.9 Å². The quantitative estimate of drug-likeness (QED) is 0.500. The van der Waals surface area contributed by atoms with Gasteiger partial charge in [-0.3, -0.25) is 19.7 Å². The van der Waals surface area contributed by atoms with Gasteiger partial charge in [0.15, 0.2) is 0 Å². The molecule has 0 heterocycles. The van der Waals surface area contributed by atoms with Crippen LogP contribution in [0.3, 0.4) is 0 Å². The zero-order valence-electron chi connectivity index (χ0n) is 17.3. The molecule has 1 N–H and O–H groups in total. The summed E-state index contributed by atoms with van der Waals surface area (Å²) in [6.45, 7) is 5.53. The van der Waals surface area contributed by atoms with Gasteiger partial charge < -0.3 is 10.2 Å². The van der Waals surface area contributed by atoms with Crippen molar-refractivity contribution in [2.24, 2.45) is 0 Å². The first-order valence-electron chi connectivity index (χ1n) is 9.79. The van der Waals surface area contributed by atoms with E-state index in [1.165, 1.54) is 35.2 Å². The Hall–Kier alpha value is -3.29. The average Bonchev–Trinajstić information content (AvgIpc) is 2.69. The minimum atomic E-state index is -0.757. The van der Waals surface area contributed by atoms with Crippen LogP contribution >= 0.6 is 0 Å². The van der Waals surface area contributed by atoms with Crippen LogP contribution in [0.25, 0.3) is 0 Å². The molecule has 0 unspecified atom stereocenters. The highest BCUT2D eigenvalue weighted by molar-refractivity contribution is 5.89. The minimum Gasteiger partial charge on any atom is -0.352 e. The van der Waals surface area contributed by atoms with E-state index in [0.29, 0.717) is 12.0 Å². The largest absolute Gasteiger partial charge is 0.352 e. The van der Waals surface area contributed by atoms with Crippen molar-refractivity contribution in [3.63, 3.8) is 0 Å². The number of nitrogens with one attached hydrogen (secondary N) is 1. The molecule has 2 aromatic rings. The van der Waals surface area contributed by atoms with Gasteiger partial charge in [-0.25, -0.2) is 4.39 Å². The molecule has 8 heteroatoms. The lowest BCUT2D eigenvalue weighted by molar-refractivity contribution is -0.385. The number of nitro groups is 1. The molecule has 0 spiro atoms. The van der Waals surface area contributed by atoms with Crippen LogP contribution in [0.2, 0.25) is 0 Å². The SMILES string of the molecule is CC[C@H](C(=O)NC(C)C)N(Cc1ccc(F)cc1)C(=O)Cc1ccccc1[N+](=O)[O-]. The maximum absolute atomic E-state index is 13.3. The third-order valence-electron chi connectivity index (χ3n) is 4.61. The molecule has 0 saturated heterocycles. The van der Waals surface area contributed by atoms with E-state index in [1.54, 1.807) is 25.1 Å². The number of amides is 2. The number of carbonyl (C=O) groups is 2. The van der Waals surface area contributed by atoms with Crippen molar-refractivity contribution < 1.29 is 18.9 Å². The molecule has 0 aromatic heterocycles. The Morgan fingerprint density at radius 3 is 2.33 bits per heavy atom. The highest BCUT2D eigenvalue weighted by Crippen LogP contribution is 2.21. The number of nitrogens with zero attached hydrogens (tertiary/aromatic N) is 2. The van der Waals surface area contributed by atoms with Crippen LogP contribution in [-0.4, -0.2) is 33.7 Å². The molecule has 0 radical (unpaired) electrons. The van der Waals surface area contributed by atoms with E-state index in [1.807, 2.05) is 13.8 Å². The van der Waals surface area contributed by atoms with Gasteiger partial charge in [0.05, 0.1) is 11.3 Å². The van der Waals surface area contributed by atoms with E-state index in [2.05, 4.69) is 5.32 Å². The molecule has 0 aliphatic heterocycles. The fourth-order valence-corrected chi connectivity index (χ4v) is 3.19. The minimum absolute atomic E-state index is 0.0871. The molecule has 160 valence electrons. The molecule has 2 aromatic carbocycles. The second kappa shape index (κ2) is 10.5. The lowest BCUT2D eigenvalue weighted by Crippen LogP contribution is -2.50. The zero-order chi connectivity index (χ0) is 22.3. The first-order chi connectivity index (χ1) is 14.2. The van der Waals surface area contributed by atoms with Crippen molar-refractivity contribution in [1.29, 1.82) is 0 Å². The van der Waals surface area contributed by atoms with Gasteiger partial charge in [-0.1, -0.05) is 37.3 Å². The number of halogens is 1. The van der Waals surface area contributed by atoms with Gasteiger partial charge in [0.1, 0.15) is 11.9 Å². The summed E-state index contributed by atoms with van der Waals surface area (Å²) in [4.78, 5) is 38.1. The summed E-state index contributed by atoms with van der Waals surface area (Å²) in [6, 6.07) is 10.8. The predicted molar refractivity (Wildman–Crippen MR) is 111 cm³/mol. The topological polar surface area (TPSA) is 92.6 Å². The van der Waals surface area contributed by atoms with E-state index in [0.717, 1.165) is 0 Å². The predicted octanol–water partition coefficient (Wildman–Crippen LogP) is 3.61. The fraction of sp³-hybridized carbons (Fsp3) is 0.364. The Balaban J connectivity index is 2.36. The summed E-state index contributed by atoms with van der Waals surface area (Å²) in [5.74, 6) is -1.12. The first-order valence-corrected chi connectivity index (χ1v) is 9.79. The molecule has 0 aliphatic carbocycles. The summed E-state index contributed by atoms with van der Waals surface area (Å²) in [5.41, 5.74) is 0.783. The second-order valence-electron chi connectivity index (χ2n) is 7.30. The second-order valence-corrected chi connectivity index (χ2v) is 7.30. The maximum atomic E-state index is 13.3. The van der Waals surface area contributed by atoms with Gasteiger partial charge >= 0.3 is 0 Å². The van der Waals surface area contributed by atoms with Gasteiger partial charge in [0.25, 0.3) is 5.69 Å². The van der Waals surface area contributed by atoms with Crippen LogP contribution in [0.5, 0.6) is 0 Å². The zero-order valence-corrected chi connectivity index (χ0v) is 17.3. The highest BCUT2D eigenvalue weighted by atomic mass is 19.1. The van der Waals surface area contributed by atoms with Crippen LogP contribution in [-0.2, 0) is 22.6 Å². The van der Waals surface area contributed by atoms with Gasteiger partial charge in [0.2, 0.25) is 11.8 Å². The van der Waals surface area contributed by atoms with Crippen LogP contribution in [0.4, 0.5) is 10.1 Å². The number of benzene rings is 2. The molecule has 0 aliphatic rings. The number of hydrogen-bond acceptors (Lipinski definition) is 4. The third kappa shape index (κ3) is 6.10. The van der Waals surface area contributed by atoms with Crippen molar-refractivity contribution in [1.82, 2.24) is 10.2 Å². The average molecular weight is 415 g/mol. The fourth-order valence-electron chi connectivity index (χ4n) is 3.19. The van der Waals surface area contributed by atoms with Gasteiger partial charge in [-0.15, -0.1) is 0 Å². The normalized spacial score (nSPS) is 11.8. The van der Waals surface area contributed by atoms with Crippen molar-refractivity contribution >= 4 is 17.5 Å². The van der Waals surface area contributed by atoms with Gasteiger partial charge in [-0.05, 0) is 38.0 Å². The Labute approximate surface area is 175 Å². The molecule has 1 atom stereocenters. The molecule has 0 bridgehead atoms. The monoisotopic (exact) mass is 415 g/mol. The van der Waals surface area contributed by atoms with E-state index < -0.39 is 22.7 Å². The summed E-state index contributed by atoms with van der Waals surface area (Å²) in [7, 11) is 0. The molecule has 2 amide bonds. The number of para-hydroxylation sites is 1. The van der Waals surface area contributed by atoms with Crippen LogP contribution in [0.1, 0.15) is 38.3 Å².